The highest BCUT2D eigenvalue weighted by molar-refractivity contribution is 6.30. The number of aromatic amines is 1. The third kappa shape index (κ3) is 4.20. The fourth-order valence-corrected chi connectivity index (χ4v) is 3.54. The minimum atomic E-state index is -0.185. The lowest BCUT2D eigenvalue weighted by molar-refractivity contribution is 0.0950. The number of benzene rings is 1. The van der Waals surface area contributed by atoms with E-state index in [2.05, 4.69) is 14.9 Å². The Labute approximate surface area is 169 Å². The van der Waals surface area contributed by atoms with Crippen molar-refractivity contribution >= 4 is 17.5 Å². The van der Waals surface area contributed by atoms with E-state index in [4.69, 9.17) is 11.6 Å². The summed E-state index contributed by atoms with van der Waals surface area (Å²) in [5.74, 6) is -0.185. The van der Waals surface area contributed by atoms with Gasteiger partial charge in [0.1, 0.15) is 0 Å². The average molecular weight is 398 g/mol. The maximum absolute atomic E-state index is 12.7. The summed E-state index contributed by atoms with van der Waals surface area (Å²) in [7, 11) is 0. The van der Waals surface area contributed by atoms with Gasteiger partial charge in [0.25, 0.3) is 11.5 Å². The first-order chi connectivity index (χ1) is 13.3. The van der Waals surface area contributed by atoms with Crippen molar-refractivity contribution in [1.29, 1.82) is 0 Å². The van der Waals surface area contributed by atoms with E-state index in [1.165, 1.54) is 0 Å². The number of aryl methyl sites for hydroxylation is 3. The standard InChI is InChI=1S/C22H24ClN3O2/c1-13-9-14(2)25-22(28)20(13)11-24-21(27)19-10-15(3)26(16(19)4)12-17-5-7-18(23)8-6-17/h5-10H,11-12H2,1-4H3,(H,24,27)(H,25,28). The number of nitrogens with zero attached hydrogens (tertiary/aromatic N) is 1. The molecule has 1 amide bonds. The zero-order valence-corrected chi connectivity index (χ0v) is 17.3. The summed E-state index contributed by atoms with van der Waals surface area (Å²) in [5.41, 5.74) is 5.71. The Hall–Kier alpha value is -2.79. The number of H-pyrrole nitrogens is 1. The topological polar surface area (TPSA) is 66.9 Å². The van der Waals surface area contributed by atoms with Crippen molar-refractivity contribution in [2.45, 2.75) is 40.8 Å². The van der Waals surface area contributed by atoms with Gasteiger partial charge in [-0.25, -0.2) is 0 Å². The fraction of sp³-hybridized carbons (Fsp3) is 0.273. The van der Waals surface area contributed by atoms with Gasteiger partial charge in [-0.1, -0.05) is 23.7 Å². The summed E-state index contributed by atoms with van der Waals surface area (Å²) in [6.45, 7) is 8.49. The van der Waals surface area contributed by atoms with E-state index in [9.17, 15) is 9.59 Å². The molecule has 0 atom stereocenters. The molecule has 0 saturated carbocycles. The summed E-state index contributed by atoms with van der Waals surface area (Å²) < 4.78 is 2.10. The van der Waals surface area contributed by atoms with Gasteiger partial charge in [0.05, 0.1) is 5.56 Å². The number of hydrogen-bond donors (Lipinski definition) is 2. The Morgan fingerprint density at radius 3 is 2.43 bits per heavy atom. The van der Waals surface area contributed by atoms with E-state index in [0.717, 1.165) is 28.2 Å². The summed E-state index contributed by atoms with van der Waals surface area (Å²) in [4.78, 5) is 27.7. The Balaban J connectivity index is 1.78. The Bertz CT molecular complexity index is 1080. The maximum atomic E-state index is 12.7. The Kier molecular flexibility index (Phi) is 5.75. The molecule has 3 rings (SSSR count). The minimum absolute atomic E-state index is 0.161. The third-order valence-corrected chi connectivity index (χ3v) is 5.24. The van der Waals surface area contributed by atoms with E-state index in [1.807, 2.05) is 64.1 Å². The molecule has 6 heteroatoms. The molecule has 2 heterocycles. The quantitative estimate of drug-likeness (QED) is 0.682. The van der Waals surface area contributed by atoms with Crippen LogP contribution in [0, 0.1) is 27.7 Å². The van der Waals surface area contributed by atoms with Gasteiger partial charge in [-0.15, -0.1) is 0 Å². The molecule has 0 spiro atoms. The second kappa shape index (κ2) is 8.07. The van der Waals surface area contributed by atoms with E-state index < -0.39 is 0 Å². The molecule has 0 radical (unpaired) electrons. The predicted molar refractivity (Wildman–Crippen MR) is 112 cm³/mol. The molecule has 0 unspecified atom stereocenters. The molecule has 2 aromatic heterocycles. The van der Waals surface area contributed by atoms with Crippen molar-refractivity contribution in [3.63, 3.8) is 0 Å². The minimum Gasteiger partial charge on any atom is -0.348 e. The fourth-order valence-electron chi connectivity index (χ4n) is 3.41. The normalized spacial score (nSPS) is 10.9. The number of carbonyl (C=O) groups is 1. The van der Waals surface area contributed by atoms with Crippen LogP contribution in [0.4, 0.5) is 0 Å². The summed E-state index contributed by atoms with van der Waals surface area (Å²) in [5, 5.41) is 3.58. The van der Waals surface area contributed by atoms with Crippen LogP contribution in [0.15, 0.2) is 41.2 Å². The molecule has 0 saturated heterocycles. The van der Waals surface area contributed by atoms with Crippen LogP contribution in [0.25, 0.3) is 0 Å². The molecule has 28 heavy (non-hydrogen) atoms. The van der Waals surface area contributed by atoms with E-state index >= 15 is 0 Å². The molecule has 3 aromatic rings. The predicted octanol–water partition coefficient (Wildman–Crippen LogP) is 4.04. The summed E-state index contributed by atoms with van der Waals surface area (Å²) in [6.07, 6.45) is 0. The van der Waals surface area contributed by atoms with Crippen molar-refractivity contribution in [1.82, 2.24) is 14.9 Å². The molecule has 2 N–H and O–H groups in total. The highest BCUT2D eigenvalue weighted by Crippen LogP contribution is 2.18. The van der Waals surface area contributed by atoms with Crippen LogP contribution in [0.2, 0.25) is 5.02 Å². The van der Waals surface area contributed by atoms with Crippen LogP contribution >= 0.6 is 11.6 Å². The van der Waals surface area contributed by atoms with Gasteiger partial charge in [-0.05, 0) is 63.1 Å². The van der Waals surface area contributed by atoms with Gasteiger partial charge in [-0.2, -0.15) is 0 Å². The van der Waals surface area contributed by atoms with Crippen molar-refractivity contribution in [3.05, 3.63) is 91.1 Å². The van der Waals surface area contributed by atoms with E-state index in [0.29, 0.717) is 22.7 Å². The molecule has 5 nitrogen and oxygen atoms in total. The Morgan fingerprint density at radius 1 is 1.11 bits per heavy atom. The second-order valence-electron chi connectivity index (χ2n) is 7.12. The number of pyridine rings is 1. The molecule has 1 aromatic carbocycles. The average Bonchev–Trinajstić information content (AvgIpc) is 2.90. The number of aromatic nitrogens is 2. The maximum Gasteiger partial charge on any atom is 0.253 e. The lowest BCUT2D eigenvalue weighted by atomic mass is 10.1. The van der Waals surface area contributed by atoms with E-state index in [-0.39, 0.29) is 18.0 Å². The van der Waals surface area contributed by atoms with Crippen LogP contribution in [0.3, 0.4) is 0 Å². The SMILES string of the molecule is Cc1cc(C)c(CNC(=O)c2cc(C)n(Cc3ccc(Cl)cc3)c2C)c(=O)[nH]1. The van der Waals surface area contributed by atoms with Crippen LogP contribution in [0.1, 0.15) is 44.1 Å². The highest BCUT2D eigenvalue weighted by Gasteiger charge is 2.16. The van der Waals surface area contributed by atoms with Gasteiger partial charge in [0, 0.05) is 40.8 Å². The van der Waals surface area contributed by atoms with Gasteiger partial charge >= 0.3 is 0 Å². The van der Waals surface area contributed by atoms with Crippen LogP contribution in [0.5, 0.6) is 0 Å². The lowest BCUT2D eigenvalue weighted by Crippen LogP contribution is -2.28. The molecule has 0 aliphatic carbocycles. The van der Waals surface area contributed by atoms with Crippen molar-refractivity contribution in [3.8, 4) is 0 Å². The first kappa shape index (κ1) is 20.0. The number of carbonyl (C=O) groups excluding carboxylic acids is 1. The molecule has 0 aliphatic rings. The molecule has 0 fully saturated rings. The molecular formula is C22H24ClN3O2. The smallest absolute Gasteiger partial charge is 0.253 e. The van der Waals surface area contributed by atoms with Crippen LogP contribution in [-0.4, -0.2) is 15.5 Å². The zero-order valence-electron chi connectivity index (χ0n) is 16.5. The number of hydrogen-bond acceptors (Lipinski definition) is 2. The first-order valence-corrected chi connectivity index (χ1v) is 9.53. The molecule has 0 bridgehead atoms. The number of rotatable bonds is 5. The monoisotopic (exact) mass is 397 g/mol. The second-order valence-corrected chi connectivity index (χ2v) is 7.56. The number of halogens is 1. The Morgan fingerprint density at radius 2 is 1.79 bits per heavy atom. The van der Waals surface area contributed by atoms with Crippen LogP contribution < -0.4 is 10.9 Å². The van der Waals surface area contributed by atoms with Crippen molar-refractivity contribution in [2.75, 3.05) is 0 Å². The van der Waals surface area contributed by atoms with Crippen LogP contribution in [-0.2, 0) is 13.1 Å². The van der Waals surface area contributed by atoms with Gasteiger partial charge < -0.3 is 14.9 Å². The number of nitrogens with one attached hydrogen (secondary N) is 2. The van der Waals surface area contributed by atoms with Gasteiger partial charge in [0.2, 0.25) is 0 Å². The highest BCUT2D eigenvalue weighted by atomic mass is 35.5. The zero-order chi connectivity index (χ0) is 20.4. The molecular weight excluding hydrogens is 374 g/mol. The summed E-state index contributed by atoms with van der Waals surface area (Å²) >= 11 is 5.95. The molecule has 146 valence electrons. The molecule has 0 aliphatic heterocycles. The van der Waals surface area contributed by atoms with Crippen molar-refractivity contribution < 1.29 is 4.79 Å². The first-order valence-electron chi connectivity index (χ1n) is 9.15. The summed E-state index contributed by atoms with van der Waals surface area (Å²) in [6, 6.07) is 11.5. The van der Waals surface area contributed by atoms with E-state index in [1.54, 1.807) is 0 Å². The number of amides is 1. The van der Waals surface area contributed by atoms with Gasteiger partial charge in [0.15, 0.2) is 0 Å². The van der Waals surface area contributed by atoms with Crippen molar-refractivity contribution in [2.24, 2.45) is 0 Å². The largest absolute Gasteiger partial charge is 0.348 e. The van der Waals surface area contributed by atoms with Gasteiger partial charge in [-0.3, -0.25) is 9.59 Å². The third-order valence-electron chi connectivity index (χ3n) is 4.99. The lowest BCUT2D eigenvalue weighted by Gasteiger charge is -2.11.